The van der Waals surface area contributed by atoms with Crippen molar-refractivity contribution in [2.75, 3.05) is 0 Å². The van der Waals surface area contributed by atoms with Crippen LogP contribution in [0.15, 0.2) is 21.2 Å². The van der Waals surface area contributed by atoms with Crippen LogP contribution in [0.2, 0.25) is 0 Å². The molecule has 0 aliphatic heterocycles. The zero-order valence-electron chi connectivity index (χ0n) is 5.17. The van der Waals surface area contributed by atoms with Crippen LogP contribution in [0, 0.1) is 0 Å². The van der Waals surface area contributed by atoms with E-state index in [0.29, 0.717) is 21.5 Å². The third-order valence-electron chi connectivity index (χ3n) is 1.18. The number of halogens is 5. The van der Waals surface area contributed by atoms with E-state index >= 15 is 0 Å². The van der Waals surface area contributed by atoms with E-state index in [0.717, 1.165) is 0 Å². The smallest absolute Gasteiger partial charge is 0.0965 e. The Kier molecular flexibility index (Phi) is 3.05. The lowest BCUT2D eigenvalue weighted by Crippen LogP contribution is -2.13. The lowest BCUT2D eigenvalue weighted by Gasteiger charge is -2.20. The number of rotatable bonds is 0. The molecule has 0 aromatic rings. The average molecular weight is 252 g/mol. The fourth-order valence-corrected chi connectivity index (χ4v) is 2.23. The molecule has 0 fully saturated rings. The first-order valence-electron chi connectivity index (χ1n) is 2.73. The molecule has 62 valence electrons. The van der Waals surface area contributed by atoms with Gasteiger partial charge < -0.3 is 0 Å². The van der Waals surface area contributed by atoms with Gasteiger partial charge in [0.1, 0.15) is 4.33 Å². The van der Waals surface area contributed by atoms with Crippen molar-refractivity contribution >= 4 is 58.0 Å². The zero-order valence-corrected chi connectivity index (χ0v) is 8.95. The number of hydrogen-bond acceptors (Lipinski definition) is 0. The molecule has 5 heteroatoms. The molecule has 0 unspecified atom stereocenters. The van der Waals surface area contributed by atoms with Gasteiger partial charge in [0, 0.05) is 11.5 Å². The fourth-order valence-electron chi connectivity index (χ4n) is 0.714. The number of alkyl halides is 2. The Bertz CT molecular complexity index is 237. The van der Waals surface area contributed by atoms with Crippen LogP contribution in [0.25, 0.3) is 0 Å². The highest BCUT2D eigenvalue weighted by Crippen LogP contribution is 2.42. The lowest BCUT2D eigenvalue weighted by atomic mass is 10.2. The summed E-state index contributed by atoms with van der Waals surface area (Å²) in [5.74, 6) is 0. The minimum Gasteiger partial charge on any atom is -0.0965 e. The van der Waals surface area contributed by atoms with Crippen molar-refractivity contribution in [1.29, 1.82) is 0 Å². The largest absolute Gasteiger partial charge is 0.143 e. The van der Waals surface area contributed by atoms with Crippen molar-refractivity contribution in [2.24, 2.45) is 0 Å². The first-order chi connectivity index (χ1) is 4.92. The number of allylic oxidation sites excluding steroid dienone is 4. The molecule has 0 heterocycles. The van der Waals surface area contributed by atoms with Crippen LogP contribution in [0.1, 0.15) is 6.42 Å². The highest BCUT2D eigenvalue weighted by molar-refractivity contribution is 6.54. The summed E-state index contributed by atoms with van der Waals surface area (Å²) in [6.45, 7) is 0. The van der Waals surface area contributed by atoms with Crippen molar-refractivity contribution < 1.29 is 0 Å². The maximum absolute atomic E-state index is 5.75. The predicted molar refractivity (Wildman–Crippen MR) is 51.7 cm³/mol. The molecule has 11 heavy (non-hydrogen) atoms. The van der Waals surface area contributed by atoms with E-state index in [4.69, 9.17) is 58.0 Å². The van der Waals surface area contributed by atoms with Crippen molar-refractivity contribution in [2.45, 2.75) is 10.8 Å². The van der Waals surface area contributed by atoms with Crippen LogP contribution in [-0.2, 0) is 0 Å². The summed E-state index contributed by atoms with van der Waals surface area (Å²) in [6.07, 6.45) is 1.76. The molecule has 0 spiro atoms. The van der Waals surface area contributed by atoms with E-state index in [2.05, 4.69) is 0 Å². The molecule has 1 aliphatic rings. The molecule has 0 bridgehead atoms. The second-order valence-corrected chi connectivity index (χ2v) is 4.93. The Morgan fingerprint density at radius 1 is 1.18 bits per heavy atom. The van der Waals surface area contributed by atoms with Gasteiger partial charge in [-0.15, -0.1) is 0 Å². The summed E-state index contributed by atoms with van der Waals surface area (Å²) in [5.41, 5.74) is 0. The maximum atomic E-state index is 5.75. The summed E-state index contributed by atoms with van der Waals surface area (Å²) in [7, 11) is 0. The standard InChI is InChI=1S/C6H3Cl5/c7-3-1-6(10,11)2-4(8)5(3)9/h1H,2H2. The molecule has 0 nitrogen and oxygen atoms in total. The topological polar surface area (TPSA) is 0 Å². The second kappa shape index (κ2) is 3.35. The Morgan fingerprint density at radius 3 is 2.18 bits per heavy atom. The van der Waals surface area contributed by atoms with Gasteiger partial charge in [0.25, 0.3) is 0 Å². The fraction of sp³-hybridized carbons (Fsp3) is 0.333. The Balaban J connectivity index is 3.01. The molecule has 0 radical (unpaired) electrons. The highest BCUT2D eigenvalue weighted by Gasteiger charge is 2.29. The molecule has 1 rings (SSSR count). The number of hydrogen-bond donors (Lipinski definition) is 0. The van der Waals surface area contributed by atoms with Crippen LogP contribution in [0.5, 0.6) is 0 Å². The Morgan fingerprint density at radius 2 is 1.73 bits per heavy atom. The Labute approximate surface area is 89.7 Å². The second-order valence-electron chi connectivity index (χ2n) is 2.15. The summed E-state index contributed by atoms with van der Waals surface area (Å²) < 4.78 is -1.02. The van der Waals surface area contributed by atoms with Gasteiger partial charge in [-0.2, -0.15) is 0 Å². The highest BCUT2D eigenvalue weighted by atomic mass is 35.5. The van der Waals surface area contributed by atoms with Gasteiger partial charge >= 0.3 is 0 Å². The van der Waals surface area contributed by atoms with E-state index in [9.17, 15) is 0 Å². The molecule has 0 saturated carbocycles. The van der Waals surface area contributed by atoms with Crippen LogP contribution >= 0.6 is 58.0 Å². The summed E-state index contributed by atoms with van der Waals surface area (Å²) >= 11 is 28.5. The van der Waals surface area contributed by atoms with Crippen LogP contribution in [0.4, 0.5) is 0 Å². The van der Waals surface area contributed by atoms with Gasteiger partial charge in [0.05, 0.1) is 10.1 Å². The maximum Gasteiger partial charge on any atom is 0.143 e. The monoisotopic (exact) mass is 250 g/mol. The molecule has 0 N–H and O–H groups in total. The first kappa shape index (κ1) is 10.0. The van der Waals surface area contributed by atoms with Gasteiger partial charge in [0.2, 0.25) is 0 Å². The van der Waals surface area contributed by atoms with Gasteiger partial charge in [0.15, 0.2) is 0 Å². The predicted octanol–water partition coefficient (Wildman–Crippen LogP) is 4.38. The molecular weight excluding hydrogens is 249 g/mol. The molecule has 0 atom stereocenters. The SMILES string of the molecule is ClC1=CC(Cl)(Cl)CC(Cl)=C1Cl. The molecule has 0 saturated heterocycles. The van der Waals surface area contributed by atoms with Crippen molar-refractivity contribution in [1.82, 2.24) is 0 Å². The summed E-state index contributed by atoms with van der Waals surface area (Å²) in [5, 5.41) is 1.02. The van der Waals surface area contributed by atoms with Crippen LogP contribution < -0.4 is 0 Å². The minimum absolute atomic E-state index is 0.298. The van der Waals surface area contributed by atoms with Crippen molar-refractivity contribution in [3.05, 3.63) is 21.2 Å². The first-order valence-corrected chi connectivity index (χ1v) is 4.62. The average Bonchev–Trinajstić information content (AvgIpc) is 1.81. The van der Waals surface area contributed by atoms with Crippen molar-refractivity contribution in [3.8, 4) is 0 Å². The van der Waals surface area contributed by atoms with Gasteiger partial charge in [-0.3, -0.25) is 0 Å². The van der Waals surface area contributed by atoms with Gasteiger partial charge in [-0.1, -0.05) is 58.0 Å². The lowest BCUT2D eigenvalue weighted by molar-refractivity contribution is 0.938. The Hall–Kier alpha value is 0.930. The van der Waals surface area contributed by atoms with E-state index < -0.39 is 4.33 Å². The molecule has 0 amide bonds. The normalized spacial score (nSPS) is 23.5. The van der Waals surface area contributed by atoms with Crippen LogP contribution in [-0.4, -0.2) is 4.33 Å². The van der Waals surface area contributed by atoms with Gasteiger partial charge in [-0.25, -0.2) is 0 Å². The third kappa shape index (κ3) is 2.43. The molecule has 0 aromatic carbocycles. The quantitative estimate of drug-likeness (QED) is 0.561. The summed E-state index contributed by atoms with van der Waals surface area (Å²) in [4.78, 5) is 0. The third-order valence-corrected chi connectivity index (χ3v) is 2.91. The van der Waals surface area contributed by atoms with Crippen molar-refractivity contribution in [3.63, 3.8) is 0 Å². The van der Waals surface area contributed by atoms with E-state index in [-0.39, 0.29) is 0 Å². The van der Waals surface area contributed by atoms with E-state index in [1.165, 1.54) is 6.08 Å². The zero-order chi connectivity index (χ0) is 8.65. The minimum atomic E-state index is -1.02. The van der Waals surface area contributed by atoms with E-state index in [1.54, 1.807) is 0 Å². The summed E-state index contributed by atoms with van der Waals surface area (Å²) in [6, 6.07) is 0. The van der Waals surface area contributed by atoms with Gasteiger partial charge in [-0.05, 0) is 6.08 Å². The molecular formula is C6H3Cl5. The molecule has 0 aromatic heterocycles. The van der Waals surface area contributed by atoms with Crippen LogP contribution in [0.3, 0.4) is 0 Å². The molecule has 1 aliphatic carbocycles. The van der Waals surface area contributed by atoms with E-state index in [1.807, 2.05) is 0 Å².